The van der Waals surface area contributed by atoms with Crippen LogP contribution < -0.4 is 5.56 Å². The van der Waals surface area contributed by atoms with E-state index < -0.39 is 11.4 Å². The number of benzene rings is 1. The van der Waals surface area contributed by atoms with Crippen molar-refractivity contribution in [2.45, 2.75) is 6.42 Å². The molecule has 0 unspecified atom stereocenters. The Labute approximate surface area is 101 Å². The molecule has 2 heterocycles. The molecule has 6 heteroatoms. The number of fused-ring (bicyclic) bond motifs is 1. The van der Waals surface area contributed by atoms with E-state index in [1.165, 1.54) is 12.1 Å². The second kappa shape index (κ2) is 4.06. The number of hydrogen-bond acceptors (Lipinski definition) is 3. The van der Waals surface area contributed by atoms with Gasteiger partial charge in [0.2, 0.25) is 0 Å². The highest BCUT2D eigenvalue weighted by Gasteiger charge is 2.08. The highest BCUT2D eigenvalue weighted by Crippen LogP contribution is 2.11. The van der Waals surface area contributed by atoms with Crippen LogP contribution in [-0.2, 0) is 6.42 Å². The average Bonchev–Trinajstić information content (AvgIpc) is 2.81. The molecule has 18 heavy (non-hydrogen) atoms. The molecular formula is C12H9FN4O. The molecule has 0 saturated carbocycles. The van der Waals surface area contributed by atoms with Crippen molar-refractivity contribution in [3.8, 4) is 0 Å². The van der Waals surface area contributed by atoms with Crippen LogP contribution in [0.3, 0.4) is 0 Å². The van der Waals surface area contributed by atoms with E-state index >= 15 is 0 Å². The third-order valence-electron chi connectivity index (χ3n) is 2.64. The molecule has 90 valence electrons. The summed E-state index contributed by atoms with van der Waals surface area (Å²) in [6.07, 6.45) is 3.62. The largest absolute Gasteiger partial charge is 0.348 e. The van der Waals surface area contributed by atoms with Crippen LogP contribution in [0, 0.1) is 5.82 Å². The van der Waals surface area contributed by atoms with E-state index in [0.717, 1.165) is 5.69 Å². The van der Waals surface area contributed by atoms with Gasteiger partial charge in [-0.1, -0.05) is 6.07 Å². The van der Waals surface area contributed by atoms with Crippen LogP contribution in [0.15, 0.2) is 35.5 Å². The number of hydrogen-bond donors (Lipinski definition) is 2. The van der Waals surface area contributed by atoms with E-state index in [2.05, 4.69) is 19.9 Å². The summed E-state index contributed by atoms with van der Waals surface area (Å²) in [5.41, 5.74) is 0.717. The maximum atomic E-state index is 13.5. The predicted molar refractivity (Wildman–Crippen MR) is 63.7 cm³/mol. The maximum absolute atomic E-state index is 13.5. The molecule has 0 fully saturated rings. The Morgan fingerprint density at radius 1 is 1.33 bits per heavy atom. The van der Waals surface area contributed by atoms with E-state index in [0.29, 0.717) is 17.8 Å². The lowest BCUT2D eigenvalue weighted by atomic mass is 10.2. The molecular weight excluding hydrogens is 235 g/mol. The summed E-state index contributed by atoms with van der Waals surface area (Å²) in [6, 6.07) is 4.39. The van der Waals surface area contributed by atoms with Gasteiger partial charge in [0, 0.05) is 18.3 Å². The number of aromatic nitrogens is 4. The number of aromatic amines is 2. The number of H-pyrrole nitrogens is 2. The minimum atomic E-state index is -0.561. The molecule has 0 aliphatic heterocycles. The fraction of sp³-hybridized carbons (Fsp3) is 0.0833. The first-order chi connectivity index (χ1) is 8.74. The number of rotatable bonds is 2. The van der Waals surface area contributed by atoms with Crippen molar-refractivity contribution in [1.29, 1.82) is 0 Å². The predicted octanol–water partition coefficient (Wildman–Crippen LogP) is 1.38. The van der Waals surface area contributed by atoms with Crippen LogP contribution in [0.5, 0.6) is 0 Å². The molecule has 0 aliphatic rings. The molecule has 0 bridgehead atoms. The molecule has 0 amide bonds. The molecule has 0 aliphatic carbocycles. The summed E-state index contributed by atoms with van der Waals surface area (Å²) in [6.45, 7) is 0. The number of imidazole rings is 1. The molecule has 2 aromatic heterocycles. The van der Waals surface area contributed by atoms with Crippen LogP contribution >= 0.6 is 0 Å². The summed E-state index contributed by atoms with van der Waals surface area (Å²) in [5.74, 6) is -0.0864. The van der Waals surface area contributed by atoms with Gasteiger partial charge >= 0.3 is 0 Å². The third-order valence-corrected chi connectivity index (χ3v) is 2.64. The summed E-state index contributed by atoms with van der Waals surface area (Å²) in [7, 11) is 0. The number of halogens is 1. The third kappa shape index (κ3) is 1.77. The average molecular weight is 244 g/mol. The minimum absolute atomic E-state index is 0.00846. The Kier molecular flexibility index (Phi) is 2.40. The number of nitrogens with one attached hydrogen (secondary N) is 2. The highest BCUT2D eigenvalue weighted by atomic mass is 19.1. The molecule has 2 N–H and O–H groups in total. The smallest absolute Gasteiger partial charge is 0.261 e. The summed E-state index contributed by atoms with van der Waals surface area (Å²) < 4.78 is 13.5. The van der Waals surface area contributed by atoms with Gasteiger partial charge in [0.05, 0.1) is 11.8 Å². The van der Waals surface area contributed by atoms with Crippen molar-refractivity contribution >= 4 is 10.9 Å². The minimum Gasteiger partial charge on any atom is -0.348 e. The standard InChI is InChI=1S/C12H9FN4O/c13-8-2-1-3-9-11(8)12(18)17-10(16-9)4-7-5-14-6-15-7/h1-3,5-6H,4H2,(H,14,15)(H,16,17,18). The quantitative estimate of drug-likeness (QED) is 0.715. The first-order valence-corrected chi connectivity index (χ1v) is 5.39. The molecule has 3 aromatic rings. The monoisotopic (exact) mass is 244 g/mol. The van der Waals surface area contributed by atoms with Gasteiger partial charge in [-0.25, -0.2) is 14.4 Å². The zero-order valence-electron chi connectivity index (χ0n) is 9.27. The Hall–Kier alpha value is -2.50. The Morgan fingerprint density at radius 3 is 3.00 bits per heavy atom. The van der Waals surface area contributed by atoms with Crippen LogP contribution in [0.1, 0.15) is 11.5 Å². The lowest BCUT2D eigenvalue weighted by molar-refractivity contribution is 0.638. The molecule has 0 atom stereocenters. The summed E-state index contributed by atoms with van der Waals surface area (Å²) in [4.78, 5) is 25.4. The Bertz CT molecular complexity index is 748. The molecule has 3 rings (SSSR count). The lowest BCUT2D eigenvalue weighted by Crippen LogP contribution is -2.13. The molecule has 0 spiro atoms. The van der Waals surface area contributed by atoms with Crippen LogP contribution in [0.4, 0.5) is 4.39 Å². The molecule has 5 nitrogen and oxygen atoms in total. The second-order valence-corrected chi connectivity index (χ2v) is 3.90. The van der Waals surface area contributed by atoms with Gasteiger partial charge in [-0.3, -0.25) is 4.79 Å². The van der Waals surface area contributed by atoms with E-state index in [9.17, 15) is 9.18 Å². The molecule has 1 aromatic carbocycles. The van der Waals surface area contributed by atoms with Gasteiger partial charge in [0.15, 0.2) is 0 Å². The first kappa shape index (κ1) is 10.6. The topological polar surface area (TPSA) is 74.4 Å². The maximum Gasteiger partial charge on any atom is 0.261 e. The van der Waals surface area contributed by atoms with E-state index in [1.807, 2.05) is 0 Å². The van der Waals surface area contributed by atoms with Crippen molar-refractivity contribution in [1.82, 2.24) is 19.9 Å². The Balaban J connectivity index is 2.13. The molecule has 0 saturated heterocycles. The van der Waals surface area contributed by atoms with Gasteiger partial charge in [-0.2, -0.15) is 0 Å². The van der Waals surface area contributed by atoms with E-state index in [1.54, 1.807) is 18.6 Å². The van der Waals surface area contributed by atoms with E-state index in [-0.39, 0.29) is 5.39 Å². The van der Waals surface area contributed by atoms with Gasteiger partial charge in [0.25, 0.3) is 5.56 Å². The zero-order valence-corrected chi connectivity index (χ0v) is 9.27. The van der Waals surface area contributed by atoms with Gasteiger partial charge in [-0.15, -0.1) is 0 Å². The Morgan fingerprint density at radius 2 is 2.22 bits per heavy atom. The SMILES string of the molecule is O=c1[nH]c(Cc2cnc[nH]2)nc2cccc(F)c12. The fourth-order valence-electron chi connectivity index (χ4n) is 1.84. The first-order valence-electron chi connectivity index (χ1n) is 5.39. The summed E-state index contributed by atoms with van der Waals surface area (Å²) >= 11 is 0. The van der Waals surface area contributed by atoms with Gasteiger partial charge < -0.3 is 9.97 Å². The van der Waals surface area contributed by atoms with Gasteiger partial charge in [0.1, 0.15) is 17.0 Å². The molecule has 0 radical (unpaired) electrons. The van der Waals surface area contributed by atoms with Crippen molar-refractivity contribution in [3.05, 3.63) is 58.4 Å². The van der Waals surface area contributed by atoms with Crippen molar-refractivity contribution < 1.29 is 4.39 Å². The van der Waals surface area contributed by atoms with E-state index in [4.69, 9.17) is 0 Å². The highest BCUT2D eigenvalue weighted by molar-refractivity contribution is 5.77. The normalized spacial score (nSPS) is 10.9. The van der Waals surface area contributed by atoms with Crippen molar-refractivity contribution in [3.63, 3.8) is 0 Å². The van der Waals surface area contributed by atoms with Crippen LogP contribution in [0.25, 0.3) is 10.9 Å². The lowest BCUT2D eigenvalue weighted by Gasteiger charge is -2.02. The number of nitrogens with zero attached hydrogens (tertiary/aromatic N) is 2. The fourth-order valence-corrected chi connectivity index (χ4v) is 1.84. The van der Waals surface area contributed by atoms with Gasteiger partial charge in [-0.05, 0) is 12.1 Å². The van der Waals surface area contributed by atoms with Crippen molar-refractivity contribution in [2.75, 3.05) is 0 Å². The second-order valence-electron chi connectivity index (χ2n) is 3.90. The zero-order chi connectivity index (χ0) is 12.5. The van der Waals surface area contributed by atoms with Crippen molar-refractivity contribution in [2.24, 2.45) is 0 Å². The summed E-state index contributed by atoms with van der Waals surface area (Å²) in [5, 5.41) is -0.00846. The van der Waals surface area contributed by atoms with Crippen LogP contribution in [-0.4, -0.2) is 19.9 Å². The van der Waals surface area contributed by atoms with Crippen LogP contribution in [0.2, 0.25) is 0 Å².